The van der Waals surface area contributed by atoms with E-state index < -0.39 is 0 Å². The number of rotatable bonds is 6. The third-order valence-corrected chi connectivity index (χ3v) is 3.81. The predicted molar refractivity (Wildman–Crippen MR) is 89.0 cm³/mol. The van der Waals surface area contributed by atoms with Gasteiger partial charge in [0.15, 0.2) is 0 Å². The molecule has 23 heavy (non-hydrogen) atoms. The Kier molecular flexibility index (Phi) is 4.68. The molecule has 118 valence electrons. The summed E-state index contributed by atoms with van der Waals surface area (Å²) in [5.41, 5.74) is 9.91. The molecule has 0 fully saturated rings. The summed E-state index contributed by atoms with van der Waals surface area (Å²) >= 11 is 0. The Hall–Kier alpha value is -2.66. The third-order valence-electron chi connectivity index (χ3n) is 3.81. The average molecular weight is 308 g/mol. The molecule has 2 N–H and O–H groups in total. The Morgan fingerprint density at radius 3 is 2.52 bits per heavy atom. The van der Waals surface area contributed by atoms with Gasteiger partial charge in [0, 0.05) is 6.54 Å². The molecule has 5 nitrogen and oxygen atoms in total. The second-order valence-corrected chi connectivity index (χ2v) is 5.37. The highest BCUT2D eigenvalue weighted by atomic mass is 16.5. The molecule has 3 aromatic rings. The van der Waals surface area contributed by atoms with Crippen LogP contribution in [-0.4, -0.2) is 15.0 Å². The number of hydrogen-bond acceptors (Lipinski definition) is 4. The van der Waals surface area contributed by atoms with Crippen molar-refractivity contribution in [3.63, 3.8) is 0 Å². The zero-order valence-electron chi connectivity index (χ0n) is 13.1. The van der Waals surface area contributed by atoms with Crippen LogP contribution in [0.25, 0.3) is 0 Å². The molecule has 0 saturated heterocycles. The Labute approximate surface area is 135 Å². The van der Waals surface area contributed by atoms with Crippen LogP contribution < -0.4 is 10.5 Å². The smallest absolute Gasteiger partial charge is 0.132 e. The van der Waals surface area contributed by atoms with Gasteiger partial charge >= 0.3 is 0 Å². The molecule has 0 saturated carbocycles. The number of aryl methyl sites for hydroxylation is 1. The van der Waals surface area contributed by atoms with E-state index >= 15 is 0 Å². The summed E-state index contributed by atoms with van der Waals surface area (Å²) in [6, 6.07) is 18.0. The zero-order chi connectivity index (χ0) is 16.1. The lowest BCUT2D eigenvalue weighted by Gasteiger charge is -2.11. The molecule has 0 unspecified atom stereocenters. The highest BCUT2D eigenvalue weighted by Gasteiger charge is 2.13. The molecular weight excluding hydrogens is 288 g/mol. The normalized spacial score (nSPS) is 10.7. The first-order valence-electron chi connectivity index (χ1n) is 7.61. The van der Waals surface area contributed by atoms with Gasteiger partial charge in [-0.25, -0.2) is 4.68 Å². The Morgan fingerprint density at radius 2 is 1.78 bits per heavy atom. The highest BCUT2D eigenvalue weighted by Crippen LogP contribution is 2.15. The van der Waals surface area contributed by atoms with Gasteiger partial charge in [-0.2, -0.15) is 0 Å². The summed E-state index contributed by atoms with van der Waals surface area (Å²) < 4.78 is 7.71. The first-order chi connectivity index (χ1) is 11.3. The van der Waals surface area contributed by atoms with Crippen molar-refractivity contribution in [2.24, 2.45) is 5.73 Å². The Bertz CT molecular complexity index is 768. The third kappa shape index (κ3) is 3.57. The molecule has 0 atom stereocenters. The van der Waals surface area contributed by atoms with Crippen molar-refractivity contribution in [2.75, 3.05) is 0 Å². The number of aromatic nitrogens is 3. The van der Waals surface area contributed by atoms with Crippen LogP contribution in [-0.2, 0) is 19.7 Å². The predicted octanol–water partition coefficient (Wildman–Crippen LogP) is 2.67. The van der Waals surface area contributed by atoms with Crippen LogP contribution in [0.2, 0.25) is 0 Å². The molecule has 0 spiro atoms. The van der Waals surface area contributed by atoms with Crippen molar-refractivity contribution in [3.05, 3.63) is 77.1 Å². The van der Waals surface area contributed by atoms with Gasteiger partial charge in [-0.05, 0) is 30.2 Å². The van der Waals surface area contributed by atoms with E-state index in [1.807, 2.05) is 47.1 Å². The maximum atomic E-state index is 5.85. The number of nitrogens with zero attached hydrogens (tertiary/aromatic N) is 3. The minimum absolute atomic E-state index is 0.348. The molecule has 0 aliphatic heterocycles. The standard InChI is InChI=1S/C18H20N4O/c1-14-7-5-6-8-15(14)12-22-18(17(11-19)20-21-22)13-23-16-9-3-2-4-10-16/h2-10H,11-13,19H2,1H3. The van der Waals surface area contributed by atoms with Crippen LogP contribution in [0.1, 0.15) is 22.5 Å². The van der Waals surface area contributed by atoms with Crippen molar-refractivity contribution in [3.8, 4) is 5.75 Å². The van der Waals surface area contributed by atoms with E-state index in [-0.39, 0.29) is 0 Å². The summed E-state index contributed by atoms with van der Waals surface area (Å²) in [6.45, 7) is 3.50. The molecule has 3 rings (SSSR count). The van der Waals surface area contributed by atoms with Gasteiger partial charge in [0.05, 0.1) is 6.54 Å². The van der Waals surface area contributed by atoms with Crippen molar-refractivity contribution < 1.29 is 4.74 Å². The lowest BCUT2D eigenvalue weighted by Crippen LogP contribution is -2.12. The highest BCUT2D eigenvalue weighted by molar-refractivity contribution is 5.26. The van der Waals surface area contributed by atoms with Crippen LogP contribution in [0.4, 0.5) is 0 Å². The Balaban J connectivity index is 1.81. The first-order valence-corrected chi connectivity index (χ1v) is 7.61. The van der Waals surface area contributed by atoms with E-state index in [1.54, 1.807) is 0 Å². The molecule has 0 amide bonds. The molecular formula is C18H20N4O. The largest absolute Gasteiger partial charge is 0.487 e. The summed E-state index contributed by atoms with van der Waals surface area (Å²) in [5.74, 6) is 0.819. The molecule has 5 heteroatoms. The second kappa shape index (κ2) is 7.07. The molecule has 0 aliphatic rings. The maximum Gasteiger partial charge on any atom is 0.132 e. The summed E-state index contributed by atoms with van der Waals surface area (Å²) in [6.07, 6.45) is 0. The fraction of sp³-hybridized carbons (Fsp3) is 0.222. The molecule has 0 radical (unpaired) electrons. The topological polar surface area (TPSA) is 66.0 Å². The van der Waals surface area contributed by atoms with Crippen LogP contribution in [0, 0.1) is 6.92 Å². The lowest BCUT2D eigenvalue weighted by atomic mass is 10.1. The lowest BCUT2D eigenvalue weighted by molar-refractivity contribution is 0.292. The second-order valence-electron chi connectivity index (χ2n) is 5.37. The van der Waals surface area contributed by atoms with Gasteiger partial charge in [0.25, 0.3) is 0 Å². The number of nitrogens with two attached hydrogens (primary N) is 1. The number of benzene rings is 2. The zero-order valence-corrected chi connectivity index (χ0v) is 13.1. The minimum atomic E-state index is 0.348. The monoisotopic (exact) mass is 308 g/mol. The van der Waals surface area contributed by atoms with Crippen LogP contribution in [0.3, 0.4) is 0 Å². The number of para-hydroxylation sites is 1. The summed E-state index contributed by atoms with van der Waals surface area (Å²) in [7, 11) is 0. The summed E-state index contributed by atoms with van der Waals surface area (Å²) in [5, 5.41) is 8.42. The fourth-order valence-electron chi connectivity index (χ4n) is 2.43. The van der Waals surface area contributed by atoms with Crippen LogP contribution in [0.15, 0.2) is 54.6 Å². The molecule has 1 aromatic heterocycles. The molecule has 0 aliphatic carbocycles. The fourth-order valence-corrected chi connectivity index (χ4v) is 2.43. The van der Waals surface area contributed by atoms with Crippen LogP contribution in [0.5, 0.6) is 5.75 Å². The van der Waals surface area contributed by atoms with Gasteiger partial charge in [0.2, 0.25) is 0 Å². The van der Waals surface area contributed by atoms with E-state index in [9.17, 15) is 0 Å². The van der Waals surface area contributed by atoms with Crippen molar-refractivity contribution >= 4 is 0 Å². The van der Waals surface area contributed by atoms with Crippen molar-refractivity contribution in [1.29, 1.82) is 0 Å². The van der Waals surface area contributed by atoms with Crippen molar-refractivity contribution in [1.82, 2.24) is 15.0 Å². The molecule has 0 bridgehead atoms. The molecule has 2 aromatic carbocycles. The van der Waals surface area contributed by atoms with Gasteiger partial charge in [0.1, 0.15) is 23.7 Å². The average Bonchev–Trinajstić information content (AvgIpc) is 2.98. The van der Waals surface area contributed by atoms with Gasteiger partial charge in [-0.15, -0.1) is 5.10 Å². The van der Waals surface area contributed by atoms with E-state index in [2.05, 4.69) is 29.4 Å². The van der Waals surface area contributed by atoms with Gasteiger partial charge < -0.3 is 10.5 Å². The minimum Gasteiger partial charge on any atom is -0.487 e. The van der Waals surface area contributed by atoms with Crippen molar-refractivity contribution in [2.45, 2.75) is 26.6 Å². The number of ether oxygens (including phenoxy) is 1. The number of hydrogen-bond donors (Lipinski definition) is 1. The van der Waals surface area contributed by atoms with E-state index in [1.165, 1.54) is 11.1 Å². The Morgan fingerprint density at radius 1 is 1.04 bits per heavy atom. The maximum absolute atomic E-state index is 5.85. The SMILES string of the molecule is Cc1ccccc1Cn1nnc(CN)c1COc1ccccc1. The van der Waals surface area contributed by atoms with E-state index in [0.717, 1.165) is 17.1 Å². The quantitative estimate of drug-likeness (QED) is 0.760. The van der Waals surface area contributed by atoms with Crippen LogP contribution >= 0.6 is 0 Å². The first kappa shape index (κ1) is 15.2. The van der Waals surface area contributed by atoms with E-state index in [0.29, 0.717) is 19.7 Å². The molecule has 1 heterocycles. The summed E-state index contributed by atoms with van der Waals surface area (Å²) in [4.78, 5) is 0. The van der Waals surface area contributed by atoms with Gasteiger partial charge in [-0.1, -0.05) is 47.7 Å². The van der Waals surface area contributed by atoms with E-state index in [4.69, 9.17) is 10.5 Å². The van der Waals surface area contributed by atoms with Gasteiger partial charge in [-0.3, -0.25) is 0 Å².